The molecule has 3 rings (SSSR count). The minimum absolute atomic E-state index is 0.135. The Hall–Kier alpha value is -2.20. The number of rotatable bonds is 2. The average molecular weight is 327 g/mol. The summed E-state index contributed by atoms with van der Waals surface area (Å²) in [6.07, 6.45) is 1.60. The SMILES string of the molecule is O=c1cccnn1-c1ccc(-c2ccc(Br)cc2)cc1. The van der Waals surface area contributed by atoms with Crippen molar-refractivity contribution in [2.75, 3.05) is 0 Å². The van der Waals surface area contributed by atoms with Crippen LogP contribution in [0.2, 0.25) is 0 Å². The van der Waals surface area contributed by atoms with Crippen molar-refractivity contribution in [1.82, 2.24) is 9.78 Å². The highest BCUT2D eigenvalue weighted by molar-refractivity contribution is 9.10. The van der Waals surface area contributed by atoms with Gasteiger partial charge in [-0.05, 0) is 41.5 Å². The summed E-state index contributed by atoms with van der Waals surface area (Å²) in [5, 5.41) is 4.06. The quantitative estimate of drug-likeness (QED) is 0.720. The fourth-order valence-corrected chi connectivity index (χ4v) is 2.25. The molecule has 0 aliphatic carbocycles. The van der Waals surface area contributed by atoms with Crippen LogP contribution in [0.5, 0.6) is 0 Å². The third-order valence-corrected chi connectivity index (χ3v) is 3.53. The van der Waals surface area contributed by atoms with Gasteiger partial charge < -0.3 is 0 Å². The highest BCUT2D eigenvalue weighted by Crippen LogP contribution is 2.22. The molecule has 4 heteroatoms. The number of hydrogen-bond donors (Lipinski definition) is 0. The summed E-state index contributed by atoms with van der Waals surface area (Å²) in [7, 11) is 0. The number of benzene rings is 2. The highest BCUT2D eigenvalue weighted by Gasteiger charge is 2.01. The lowest BCUT2D eigenvalue weighted by Gasteiger charge is -2.06. The van der Waals surface area contributed by atoms with Gasteiger partial charge in [0.25, 0.3) is 5.56 Å². The van der Waals surface area contributed by atoms with Crippen LogP contribution in [-0.4, -0.2) is 9.78 Å². The van der Waals surface area contributed by atoms with E-state index in [0.717, 1.165) is 21.3 Å². The van der Waals surface area contributed by atoms with Crippen molar-refractivity contribution >= 4 is 15.9 Å². The van der Waals surface area contributed by atoms with E-state index in [4.69, 9.17) is 0 Å². The summed E-state index contributed by atoms with van der Waals surface area (Å²) >= 11 is 3.42. The Kier molecular flexibility index (Phi) is 3.48. The number of hydrogen-bond acceptors (Lipinski definition) is 2. The molecule has 0 unspecified atom stereocenters. The molecule has 98 valence electrons. The third kappa shape index (κ3) is 2.56. The molecule has 2 aromatic carbocycles. The smallest absolute Gasteiger partial charge is 0.267 e. The zero-order valence-electron chi connectivity index (χ0n) is 10.5. The minimum atomic E-state index is -0.135. The molecule has 0 spiro atoms. The van der Waals surface area contributed by atoms with Gasteiger partial charge in [0, 0.05) is 16.7 Å². The standard InChI is InChI=1S/C16H11BrN2O/c17-14-7-3-12(4-8-14)13-5-9-15(10-6-13)19-16(20)2-1-11-18-19/h1-11H. The molecule has 3 nitrogen and oxygen atoms in total. The van der Waals surface area contributed by atoms with Gasteiger partial charge in [0.15, 0.2) is 0 Å². The molecule has 0 aliphatic heterocycles. The van der Waals surface area contributed by atoms with Crippen molar-refractivity contribution < 1.29 is 0 Å². The zero-order valence-corrected chi connectivity index (χ0v) is 12.1. The molecule has 0 fully saturated rings. The van der Waals surface area contributed by atoms with Crippen LogP contribution in [0.4, 0.5) is 0 Å². The lowest BCUT2D eigenvalue weighted by Crippen LogP contribution is -2.18. The van der Waals surface area contributed by atoms with Gasteiger partial charge in [0.05, 0.1) is 5.69 Å². The Morgan fingerprint density at radius 1 is 0.850 bits per heavy atom. The van der Waals surface area contributed by atoms with E-state index >= 15 is 0 Å². The Balaban J connectivity index is 1.98. The summed E-state index contributed by atoms with van der Waals surface area (Å²) in [5.41, 5.74) is 2.86. The second-order valence-electron chi connectivity index (χ2n) is 4.33. The molecule has 0 amide bonds. The molecule has 1 aromatic heterocycles. The van der Waals surface area contributed by atoms with Crippen LogP contribution in [0, 0.1) is 0 Å². The van der Waals surface area contributed by atoms with Crippen molar-refractivity contribution in [2.45, 2.75) is 0 Å². The van der Waals surface area contributed by atoms with Gasteiger partial charge >= 0.3 is 0 Å². The Morgan fingerprint density at radius 3 is 2.05 bits per heavy atom. The van der Waals surface area contributed by atoms with E-state index in [-0.39, 0.29) is 5.56 Å². The first kappa shape index (κ1) is 12.8. The summed E-state index contributed by atoms with van der Waals surface area (Å²) in [5.74, 6) is 0. The zero-order chi connectivity index (χ0) is 13.9. The van der Waals surface area contributed by atoms with Crippen LogP contribution in [-0.2, 0) is 0 Å². The maximum atomic E-state index is 11.7. The topological polar surface area (TPSA) is 34.9 Å². The fraction of sp³-hybridized carbons (Fsp3) is 0. The summed E-state index contributed by atoms with van der Waals surface area (Å²) < 4.78 is 2.43. The van der Waals surface area contributed by atoms with E-state index in [1.807, 2.05) is 48.5 Å². The normalized spacial score (nSPS) is 10.4. The van der Waals surface area contributed by atoms with Crippen LogP contribution in [0.1, 0.15) is 0 Å². The molecule has 0 radical (unpaired) electrons. The highest BCUT2D eigenvalue weighted by atomic mass is 79.9. The molecule has 0 bridgehead atoms. The molecule has 0 N–H and O–H groups in total. The minimum Gasteiger partial charge on any atom is -0.267 e. The van der Waals surface area contributed by atoms with E-state index in [2.05, 4.69) is 21.0 Å². The molecule has 0 saturated carbocycles. The lowest BCUT2D eigenvalue weighted by molar-refractivity contribution is 0.807. The Morgan fingerprint density at radius 2 is 1.45 bits per heavy atom. The van der Waals surface area contributed by atoms with Crippen LogP contribution in [0.25, 0.3) is 16.8 Å². The van der Waals surface area contributed by atoms with E-state index in [0.29, 0.717) is 0 Å². The van der Waals surface area contributed by atoms with Crippen molar-refractivity contribution in [3.05, 3.63) is 81.7 Å². The van der Waals surface area contributed by atoms with Crippen LogP contribution in [0.3, 0.4) is 0 Å². The number of nitrogens with zero attached hydrogens (tertiary/aromatic N) is 2. The number of aromatic nitrogens is 2. The summed E-state index contributed by atoms with van der Waals surface area (Å²) in [6.45, 7) is 0. The first-order chi connectivity index (χ1) is 9.74. The summed E-state index contributed by atoms with van der Waals surface area (Å²) in [6, 6.07) is 19.0. The van der Waals surface area contributed by atoms with Crippen LogP contribution in [0.15, 0.2) is 76.1 Å². The second kappa shape index (κ2) is 5.43. The van der Waals surface area contributed by atoms with Gasteiger partial charge in [-0.1, -0.05) is 40.2 Å². The predicted molar refractivity (Wildman–Crippen MR) is 83.0 cm³/mol. The van der Waals surface area contributed by atoms with Gasteiger partial charge in [-0.15, -0.1) is 0 Å². The third-order valence-electron chi connectivity index (χ3n) is 3.01. The van der Waals surface area contributed by atoms with Gasteiger partial charge in [-0.25, -0.2) is 0 Å². The van der Waals surface area contributed by atoms with Crippen molar-refractivity contribution in [3.63, 3.8) is 0 Å². The van der Waals surface area contributed by atoms with Crippen molar-refractivity contribution in [2.24, 2.45) is 0 Å². The van der Waals surface area contributed by atoms with E-state index in [1.54, 1.807) is 12.3 Å². The first-order valence-electron chi connectivity index (χ1n) is 6.15. The van der Waals surface area contributed by atoms with E-state index in [1.165, 1.54) is 10.7 Å². The van der Waals surface area contributed by atoms with Gasteiger partial charge in [-0.3, -0.25) is 4.79 Å². The largest absolute Gasteiger partial charge is 0.271 e. The second-order valence-corrected chi connectivity index (χ2v) is 5.24. The fourth-order valence-electron chi connectivity index (χ4n) is 1.99. The molecular formula is C16H11BrN2O. The van der Waals surface area contributed by atoms with Gasteiger partial charge in [-0.2, -0.15) is 9.78 Å². The maximum absolute atomic E-state index is 11.7. The predicted octanol–water partition coefficient (Wildman–Crippen LogP) is 3.66. The van der Waals surface area contributed by atoms with Crippen LogP contribution < -0.4 is 5.56 Å². The molecule has 20 heavy (non-hydrogen) atoms. The maximum Gasteiger partial charge on any atom is 0.271 e. The number of halogens is 1. The Labute approximate surface area is 124 Å². The average Bonchev–Trinajstić information content (AvgIpc) is 2.49. The Bertz CT molecular complexity index is 777. The summed E-state index contributed by atoms with van der Waals surface area (Å²) in [4.78, 5) is 11.7. The molecule has 1 heterocycles. The van der Waals surface area contributed by atoms with E-state index < -0.39 is 0 Å². The van der Waals surface area contributed by atoms with Gasteiger partial charge in [0.1, 0.15) is 0 Å². The van der Waals surface area contributed by atoms with Crippen molar-refractivity contribution in [1.29, 1.82) is 0 Å². The molecule has 0 saturated heterocycles. The molecular weight excluding hydrogens is 316 g/mol. The lowest BCUT2D eigenvalue weighted by atomic mass is 10.1. The molecule has 0 aliphatic rings. The monoisotopic (exact) mass is 326 g/mol. The molecule has 0 atom stereocenters. The van der Waals surface area contributed by atoms with Crippen LogP contribution >= 0.6 is 15.9 Å². The molecule has 3 aromatic rings. The first-order valence-corrected chi connectivity index (χ1v) is 6.94. The van der Waals surface area contributed by atoms with Crippen molar-refractivity contribution in [3.8, 4) is 16.8 Å². The van der Waals surface area contributed by atoms with E-state index in [9.17, 15) is 4.79 Å². The van der Waals surface area contributed by atoms with Gasteiger partial charge in [0.2, 0.25) is 0 Å².